The van der Waals surface area contributed by atoms with Crippen LogP contribution in [0.15, 0.2) is 42.0 Å². The maximum absolute atomic E-state index is 12.6. The first kappa shape index (κ1) is 20.3. The summed E-state index contributed by atoms with van der Waals surface area (Å²) in [5.41, 5.74) is 2.26. The van der Waals surface area contributed by atoms with Crippen LogP contribution in [0, 0.1) is 28.6 Å². The molecule has 4 aliphatic rings. The number of aliphatic hydroxyl groups is 1. The minimum absolute atomic E-state index is 0.0277. The van der Waals surface area contributed by atoms with Crippen molar-refractivity contribution in [1.82, 2.24) is 4.90 Å². The van der Waals surface area contributed by atoms with E-state index >= 15 is 0 Å². The summed E-state index contributed by atoms with van der Waals surface area (Å²) in [7, 11) is 1.95. The van der Waals surface area contributed by atoms with Gasteiger partial charge in [-0.3, -0.25) is 4.79 Å². The van der Waals surface area contributed by atoms with E-state index in [4.69, 9.17) is 11.6 Å². The van der Waals surface area contributed by atoms with Crippen molar-refractivity contribution in [2.45, 2.75) is 58.1 Å². The number of nitrogens with zero attached hydrogens (tertiary/aromatic N) is 1. The van der Waals surface area contributed by atoms with E-state index in [9.17, 15) is 9.90 Å². The van der Waals surface area contributed by atoms with Gasteiger partial charge in [-0.15, -0.1) is 0 Å². The van der Waals surface area contributed by atoms with Crippen LogP contribution in [0.1, 0.15) is 51.5 Å². The molecule has 4 heteroatoms. The zero-order valence-electron chi connectivity index (χ0n) is 18.1. The molecule has 2 unspecified atom stereocenters. The lowest BCUT2D eigenvalue weighted by molar-refractivity contribution is -0.135. The van der Waals surface area contributed by atoms with Gasteiger partial charge in [0, 0.05) is 17.5 Å². The van der Waals surface area contributed by atoms with Crippen LogP contribution < -0.4 is 0 Å². The predicted molar refractivity (Wildman–Crippen MR) is 121 cm³/mol. The Kier molecular flexibility index (Phi) is 4.72. The molecule has 0 saturated heterocycles. The fraction of sp³-hybridized carbons (Fsp3) is 0.577. The average molecular weight is 426 g/mol. The Morgan fingerprint density at radius 1 is 1.17 bits per heavy atom. The fourth-order valence-electron chi connectivity index (χ4n) is 7.61. The first-order valence-electron chi connectivity index (χ1n) is 11.3. The standard InChI is InChI=1S/C26H32ClNO2/c1-25-12-10-20-18(19(25)8-9-22(25)29)15-17(14-16-6-4-5-7-21(16)27)24-26(20,2)13-11-23(30)28(24)3/h4-7,11,13-14,18-20,22,24,29H,8-10,12,15H2,1-3H3/t18-,19-,20+,22?,24?,25-,26+/m0/s1. The lowest BCUT2D eigenvalue weighted by atomic mass is 9.47. The summed E-state index contributed by atoms with van der Waals surface area (Å²) in [6, 6.07) is 8.02. The monoisotopic (exact) mass is 425 g/mol. The summed E-state index contributed by atoms with van der Waals surface area (Å²) in [5.74, 6) is 1.68. The first-order valence-corrected chi connectivity index (χ1v) is 11.7. The van der Waals surface area contributed by atoms with Gasteiger partial charge in [0.15, 0.2) is 0 Å². The van der Waals surface area contributed by atoms with E-state index in [1.54, 1.807) is 6.08 Å². The molecule has 0 radical (unpaired) electrons. The molecule has 0 bridgehead atoms. The molecule has 1 amide bonds. The normalized spacial score (nSPS) is 44.0. The molecule has 3 aliphatic carbocycles. The maximum atomic E-state index is 12.6. The molecule has 0 spiro atoms. The van der Waals surface area contributed by atoms with Gasteiger partial charge in [0.2, 0.25) is 5.91 Å². The van der Waals surface area contributed by atoms with Crippen molar-refractivity contribution >= 4 is 23.6 Å². The molecule has 3 nitrogen and oxygen atoms in total. The second-order valence-electron chi connectivity index (χ2n) is 10.5. The number of benzene rings is 1. The van der Waals surface area contributed by atoms with Gasteiger partial charge >= 0.3 is 0 Å². The fourth-order valence-corrected chi connectivity index (χ4v) is 7.80. The molecule has 0 aromatic heterocycles. The molecule has 160 valence electrons. The Hall–Kier alpha value is -1.58. The highest BCUT2D eigenvalue weighted by atomic mass is 35.5. The molecule has 1 aliphatic heterocycles. The number of aliphatic hydroxyl groups excluding tert-OH is 1. The zero-order valence-corrected chi connectivity index (χ0v) is 18.9. The molecule has 1 heterocycles. The van der Waals surface area contributed by atoms with Gasteiger partial charge in [0.25, 0.3) is 0 Å². The predicted octanol–water partition coefficient (Wildman–Crippen LogP) is 5.33. The number of carbonyl (C=O) groups excluding carboxylic acids is 1. The molecule has 5 rings (SSSR count). The zero-order chi connectivity index (χ0) is 21.3. The first-order chi connectivity index (χ1) is 14.3. The van der Waals surface area contributed by atoms with Crippen molar-refractivity contribution in [3.63, 3.8) is 0 Å². The highest BCUT2D eigenvalue weighted by Gasteiger charge is 2.61. The summed E-state index contributed by atoms with van der Waals surface area (Å²) in [5, 5.41) is 11.5. The quantitative estimate of drug-likeness (QED) is 0.660. The van der Waals surface area contributed by atoms with Crippen LogP contribution in [-0.2, 0) is 4.79 Å². The van der Waals surface area contributed by atoms with Crippen LogP contribution in [0.2, 0.25) is 5.02 Å². The lowest BCUT2D eigenvalue weighted by Crippen LogP contribution is -2.60. The van der Waals surface area contributed by atoms with E-state index in [0.29, 0.717) is 17.8 Å². The van der Waals surface area contributed by atoms with Gasteiger partial charge < -0.3 is 10.0 Å². The molecule has 1 aromatic rings. The summed E-state index contributed by atoms with van der Waals surface area (Å²) < 4.78 is 0. The van der Waals surface area contributed by atoms with Crippen molar-refractivity contribution in [3.8, 4) is 0 Å². The number of carbonyl (C=O) groups is 1. The average Bonchev–Trinajstić information content (AvgIpc) is 3.02. The van der Waals surface area contributed by atoms with Crippen molar-refractivity contribution in [1.29, 1.82) is 0 Å². The Labute approximate surface area is 184 Å². The number of likely N-dealkylation sites (N-methyl/N-ethyl adjacent to an activating group) is 1. The van der Waals surface area contributed by atoms with Gasteiger partial charge in [-0.25, -0.2) is 0 Å². The minimum Gasteiger partial charge on any atom is -0.393 e. The number of hydrogen-bond donors (Lipinski definition) is 1. The van der Waals surface area contributed by atoms with E-state index in [1.807, 2.05) is 30.1 Å². The molecule has 30 heavy (non-hydrogen) atoms. The van der Waals surface area contributed by atoms with E-state index in [2.05, 4.69) is 32.1 Å². The Morgan fingerprint density at radius 3 is 2.70 bits per heavy atom. The van der Waals surface area contributed by atoms with Crippen LogP contribution in [0.3, 0.4) is 0 Å². The summed E-state index contributed by atoms with van der Waals surface area (Å²) in [4.78, 5) is 14.6. The molecule has 3 fully saturated rings. The second-order valence-corrected chi connectivity index (χ2v) is 10.9. The van der Waals surface area contributed by atoms with Crippen LogP contribution in [0.25, 0.3) is 6.08 Å². The number of rotatable bonds is 1. The van der Waals surface area contributed by atoms with Crippen LogP contribution in [0.5, 0.6) is 0 Å². The SMILES string of the molecule is CN1C(=O)C=C[C@@]2(C)C1C(=Cc1ccccc1Cl)C[C@@H]1[C@H]2CC[C@]2(C)C(O)CC[C@@H]12. The molecule has 3 saturated carbocycles. The Bertz CT molecular complexity index is 939. The number of hydrogen-bond acceptors (Lipinski definition) is 2. The van der Waals surface area contributed by atoms with Crippen molar-refractivity contribution in [3.05, 3.63) is 52.6 Å². The van der Waals surface area contributed by atoms with Crippen molar-refractivity contribution in [2.75, 3.05) is 7.05 Å². The van der Waals surface area contributed by atoms with Gasteiger partial charge in [-0.1, -0.05) is 55.8 Å². The van der Waals surface area contributed by atoms with Gasteiger partial charge in [0.05, 0.1) is 12.1 Å². The smallest absolute Gasteiger partial charge is 0.246 e. The highest BCUT2D eigenvalue weighted by molar-refractivity contribution is 6.32. The molecule has 7 atom stereocenters. The topological polar surface area (TPSA) is 40.5 Å². The van der Waals surface area contributed by atoms with Crippen LogP contribution in [-0.4, -0.2) is 35.1 Å². The van der Waals surface area contributed by atoms with E-state index < -0.39 is 0 Å². The van der Waals surface area contributed by atoms with Gasteiger partial charge in [-0.05, 0) is 78.6 Å². The minimum atomic E-state index is -0.184. The summed E-state index contributed by atoms with van der Waals surface area (Å²) >= 11 is 6.51. The molecule has 1 N–H and O–H groups in total. The van der Waals surface area contributed by atoms with E-state index in [1.165, 1.54) is 5.57 Å². The van der Waals surface area contributed by atoms with Crippen LogP contribution >= 0.6 is 11.6 Å². The third-order valence-electron chi connectivity index (χ3n) is 9.16. The maximum Gasteiger partial charge on any atom is 0.246 e. The Balaban J connectivity index is 1.64. The summed E-state index contributed by atoms with van der Waals surface area (Å²) in [6.07, 6.45) is 11.2. The second kappa shape index (κ2) is 6.97. The third kappa shape index (κ3) is 2.78. The van der Waals surface area contributed by atoms with E-state index in [-0.39, 0.29) is 28.9 Å². The number of amides is 1. The van der Waals surface area contributed by atoms with Crippen molar-refractivity contribution in [2.24, 2.45) is 28.6 Å². The highest BCUT2D eigenvalue weighted by Crippen LogP contribution is 2.64. The molecular formula is C26H32ClNO2. The third-order valence-corrected chi connectivity index (χ3v) is 9.51. The Morgan fingerprint density at radius 2 is 1.93 bits per heavy atom. The summed E-state index contributed by atoms with van der Waals surface area (Å²) in [6.45, 7) is 4.66. The van der Waals surface area contributed by atoms with Crippen LogP contribution in [0.4, 0.5) is 0 Å². The lowest BCUT2D eigenvalue weighted by Gasteiger charge is -2.60. The van der Waals surface area contributed by atoms with E-state index in [0.717, 1.165) is 42.7 Å². The van der Waals surface area contributed by atoms with Crippen molar-refractivity contribution < 1.29 is 9.90 Å². The van der Waals surface area contributed by atoms with Gasteiger partial charge in [0.1, 0.15) is 0 Å². The van der Waals surface area contributed by atoms with Gasteiger partial charge in [-0.2, -0.15) is 0 Å². The number of fused-ring (bicyclic) bond motifs is 5. The largest absolute Gasteiger partial charge is 0.393 e. The molecular weight excluding hydrogens is 394 g/mol. The number of halogens is 1. The molecule has 1 aromatic carbocycles.